The highest BCUT2D eigenvalue weighted by atomic mass is 35.5. The summed E-state index contributed by atoms with van der Waals surface area (Å²) >= 11 is 5.78. The molecule has 1 aromatic carbocycles. The molecule has 0 aliphatic rings. The Morgan fingerprint density at radius 2 is 2.00 bits per heavy atom. The Morgan fingerprint density at radius 3 is 2.73 bits per heavy atom. The van der Waals surface area contributed by atoms with E-state index in [4.69, 9.17) is 21.1 Å². The number of rotatable bonds is 8. The van der Waals surface area contributed by atoms with Gasteiger partial charge in [0, 0.05) is 5.56 Å². The van der Waals surface area contributed by atoms with Crippen molar-refractivity contribution >= 4 is 11.6 Å². The third-order valence-corrected chi connectivity index (χ3v) is 3.58. The summed E-state index contributed by atoms with van der Waals surface area (Å²) < 4.78 is 18.9. The predicted octanol–water partition coefficient (Wildman–Crippen LogP) is 0.747. The molecule has 2 rings (SSSR count). The Kier molecular flexibility index (Phi) is 6.39. The Morgan fingerprint density at radius 1 is 1.23 bits per heavy atom. The van der Waals surface area contributed by atoms with Gasteiger partial charge in [0.2, 0.25) is 0 Å². The van der Waals surface area contributed by atoms with Crippen LogP contribution in [0.2, 0.25) is 5.02 Å². The summed E-state index contributed by atoms with van der Waals surface area (Å²) in [7, 11) is 0. The molecule has 0 radical (unpaired) electrons. The van der Waals surface area contributed by atoms with Crippen LogP contribution in [0.1, 0.15) is 12.7 Å². The summed E-state index contributed by atoms with van der Waals surface area (Å²) in [6.07, 6.45) is -0.268. The molecular weight excluding hydrogens is 307 g/mol. The maximum atomic E-state index is 13.2. The average Bonchev–Trinajstić information content (AvgIpc) is 2.94. The van der Waals surface area contributed by atoms with Crippen molar-refractivity contribution in [1.29, 1.82) is 0 Å². The number of benzene rings is 1. The third kappa shape index (κ3) is 5.10. The smallest absolute Gasteiger partial charge is 0.158 e. The van der Waals surface area contributed by atoms with E-state index < -0.39 is 5.82 Å². The predicted molar refractivity (Wildman–Crippen MR) is 82.9 cm³/mol. The molecule has 6 heteroatoms. The van der Waals surface area contributed by atoms with E-state index in [9.17, 15) is 4.39 Å². The largest absolute Gasteiger partial charge is 0.455 e. The molecular formula is C16H22ClFN2O2+2. The number of hydrogen-bond acceptors (Lipinski definition) is 2. The van der Waals surface area contributed by atoms with Crippen LogP contribution in [0.4, 0.5) is 4.39 Å². The van der Waals surface area contributed by atoms with Crippen LogP contribution in [0.5, 0.6) is 0 Å². The zero-order valence-corrected chi connectivity index (χ0v) is 13.3. The van der Waals surface area contributed by atoms with E-state index in [1.807, 2.05) is 12.1 Å². The molecule has 4 nitrogen and oxygen atoms in total. The Bertz CT molecular complexity index is 602. The first-order valence-electron chi connectivity index (χ1n) is 7.42. The molecule has 1 atom stereocenters. The third-order valence-electron chi connectivity index (χ3n) is 3.29. The van der Waals surface area contributed by atoms with Crippen molar-refractivity contribution in [2.75, 3.05) is 19.6 Å². The highest BCUT2D eigenvalue weighted by Gasteiger charge is 2.08. The average molecular weight is 329 g/mol. The maximum Gasteiger partial charge on any atom is 0.158 e. The van der Waals surface area contributed by atoms with E-state index >= 15 is 0 Å². The van der Waals surface area contributed by atoms with Crippen molar-refractivity contribution in [3.8, 4) is 11.3 Å². The van der Waals surface area contributed by atoms with Gasteiger partial charge in [0.25, 0.3) is 0 Å². The van der Waals surface area contributed by atoms with Crippen molar-refractivity contribution in [3.05, 3.63) is 46.9 Å². The fourth-order valence-corrected chi connectivity index (χ4v) is 2.31. The molecule has 0 amide bonds. The van der Waals surface area contributed by atoms with Gasteiger partial charge < -0.3 is 20.2 Å². The van der Waals surface area contributed by atoms with E-state index in [0.29, 0.717) is 5.76 Å². The van der Waals surface area contributed by atoms with Crippen molar-refractivity contribution in [2.24, 2.45) is 0 Å². The number of quaternary nitrogens is 2. The molecule has 0 spiro atoms. The van der Waals surface area contributed by atoms with Crippen LogP contribution in [0, 0.1) is 5.82 Å². The normalized spacial score (nSPS) is 12.5. The summed E-state index contributed by atoms with van der Waals surface area (Å²) in [5, 5.41) is 13.5. The fourth-order valence-electron chi connectivity index (χ4n) is 2.13. The summed E-state index contributed by atoms with van der Waals surface area (Å²) in [6, 6.07) is 8.34. The van der Waals surface area contributed by atoms with Gasteiger partial charge in [0.05, 0.1) is 11.1 Å². The molecule has 0 aliphatic carbocycles. The first-order chi connectivity index (χ1) is 10.6. The van der Waals surface area contributed by atoms with Gasteiger partial charge in [-0.25, -0.2) is 4.39 Å². The molecule has 0 saturated carbocycles. The zero-order valence-electron chi connectivity index (χ0n) is 12.6. The number of hydrogen-bond donors (Lipinski definition) is 3. The Balaban J connectivity index is 1.80. The lowest BCUT2D eigenvalue weighted by Crippen LogP contribution is -2.95. The van der Waals surface area contributed by atoms with E-state index in [1.54, 1.807) is 19.1 Å². The van der Waals surface area contributed by atoms with Gasteiger partial charge in [-0.1, -0.05) is 11.6 Å². The summed E-state index contributed by atoms with van der Waals surface area (Å²) in [5.74, 6) is 1.12. The lowest BCUT2D eigenvalue weighted by atomic mass is 10.2. The lowest BCUT2D eigenvalue weighted by Gasteiger charge is -2.03. The van der Waals surface area contributed by atoms with Crippen molar-refractivity contribution in [1.82, 2.24) is 0 Å². The molecule has 2 aromatic rings. The highest BCUT2D eigenvalue weighted by molar-refractivity contribution is 6.31. The second-order valence-electron chi connectivity index (χ2n) is 5.34. The quantitative estimate of drug-likeness (QED) is 0.626. The van der Waals surface area contributed by atoms with Gasteiger partial charge in [0.15, 0.2) is 5.76 Å². The minimum absolute atomic E-state index is 0.0932. The standard InChI is InChI=1S/C16H20ClFN2O2/c1-11(21)9-19-6-7-20-10-13-3-5-16(22-13)12-2-4-15(18)14(17)8-12/h2-5,8,11,19-21H,6-7,9-10H2,1H3/p+2/t11-/m0/s1. The number of aliphatic hydroxyl groups is 1. The maximum absolute atomic E-state index is 13.2. The monoisotopic (exact) mass is 328 g/mol. The molecule has 0 aliphatic heterocycles. The summed E-state index contributed by atoms with van der Waals surface area (Å²) in [5.41, 5.74) is 0.767. The highest BCUT2D eigenvalue weighted by Crippen LogP contribution is 2.26. The van der Waals surface area contributed by atoms with Gasteiger partial charge >= 0.3 is 0 Å². The molecule has 1 heterocycles. The molecule has 0 saturated heterocycles. The lowest BCUT2D eigenvalue weighted by molar-refractivity contribution is -0.733. The summed E-state index contributed by atoms with van der Waals surface area (Å²) in [4.78, 5) is 0. The first-order valence-corrected chi connectivity index (χ1v) is 7.79. The molecule has 120 valence electrons. The van der Waals surface area contributed by atoms with E-state index in [0.717, 1.165) is 37.5 Å². The van der Waals surface area contributed by atoms with Gasteiger partial charge in [-0.15, -0.1) is 0 Å². The van der Waals surface area contributed by atoms with E-state index in [1.165, 1.54) is 6.07 Å². The second kappa shape index (κ2) is 8.29. The minimum Gasteiger partial charge on any atom is -0.455 e. The molecule has 0 unspecified atom stereocenters. The molecule has 0 bridgehead atoms. The number of nitrogens with two attached hydrogens (primary N) is 2. The van der Waals surface area contributed by atoms with Crippen LogP contribution in [0.25, 0.3) is 11.3 Å². The fraction of sp³-hybridized carbons (Fsp3) is 0.375. The zero-order chi connectivity index (χ0) is 15.9. The van der Waals surface area contributed by atoms with Crippen molar-refractivity contribution in [2.45, 2.75) is 19.6 Å². The Hall–Kier alpha value is -1.40. The van der Waals surface area contributed by atoms with E-state index in [-0.39, 0.29) is 11.1 Å². The van der Waals surface area contributed by atoms with Gasteiger partial charge in [-0.2, -0.15) is 0 Å². The second-order valence-corrected chi connectivity index (χ2v) is 5.75. The SMILES string of the molecule is C[C@H](O)C[NH2+]CC[NH2+]Cc1ccc(-c2ccc(F)c(Cl)c2)o1. The molecule has 5 N–H and O–H groups in total. The number of aliphatic hydroxyl groups excluding tert-OH is 1. The summed E-state index contributed by atoms with van der Waals surface area (Å²) in [6.45, 7) is 5.16. The van der Waals surface area contributed by atoms with Crippen LogP contribution in [-0.2, 0) is 6.54 Å². The topological polar surface area (TPSA) is 66.6 Å². The number of halogens is 2. The minimum atomic E-state index is -0.432. The van der Waals surface area contributed by atoms with Crippen molar-refractivity contribution in [3.63, 3.8) is 0 Å². The van der Waals surface area contributed by atoms with Gasteiger partial charge in [-0.3, -0.25) is 0 Å². The van der Waals surface area contributed by atoms with E-state index in [2.05, 4.69) is 10.6 Å². The Labute approximate surface area is 134 Å². The molecule has 22 heavy (non-hydrogen) atoms. The molecule has 0 fully saturated rings. The molecule has 1 aromatic heterocycles. The van der Waals surface area contributed by atoms with Gasteiger partial charge in [0.1, 0.15) is 37.8 Å². The van der Waals surface area contributed by atoms with Crippen LogP contribution in [0.15, 0.2) is 34.7 Å². The number of furan rings is 1. The van der Waals surface area contributed by atoms with Crippen LogP contribution in [0.3, 0.4) is 0 Å². The van der Waals surface area contributed by atoms with Gasteiger partial charge in [-0.05, 0) is 37.3 Å². The van der Waals surface area contributed by atoms with Crippen LogP contribution in [-0.4, -0.2) is 30.8 Å². The van der Waals surface area contributed by atoms with Crippen molar-refractivity contribution < 1.29 is 24.5 Å². The first kappa shape index (κ1) is 17.0. The van der Waals surface area contributed by atoms with Crippen LogP contribution >= 0.6 is 11.6 Å². The van der Waals surface area contributed by atoms with Crippen LogP contribution < -0.4 is 10.6 Å².